The van der Waals surface area contributed by atoms with Gasteiger partial charge in [-0.25, -0.2) is 0 Å². The maximum atomic E-state index is 10.7. The van der Waals surface area contributed by atoms with E-state index < -0.39 is 0 Å². The molecule has 3 nitrogen and oxygen atoms in total. The second kappa shape index (κ2) is 3.16. The summed E-state index contributed by atoms with van der Waals surface area (Å²) in [5.41, 5.74) is 0. The van der Waals surface area contributed by atoms with Crippen LogP contribution in [0.2, 0.25) is 0 Å². The summed E-state index contributed by atoms with van der Waals surface area (Å²) >= 11 is 6.55. The maximum Gasteiger partial charge on any atom is 0.244 e. The summed E-state index contributed by atoms with van der Waals surface area (Å²) in [5, 5.41) is 3.54. The van der Waals surface area contributed by atoms with Crippen molar-refractivity contribution in [2.45, 2.75) is 6.92 Å². The van der Waals surface area contributed by atoms with Crippen LogP contribution in [0.3, 0.4) is 0 Å². The fourth-order valence-electron chi connectivity index (χ4n) is 0.815. The highest BCUT2D eigenvalue weighted by Crippen LogP contribution is 2.29. The van der Waals surface area contributed by atoms with E-state index in [0.717, 1.165) is 9.35 Å². The SMILES string of the molecule is CC(=O)NC1=C[N+](C)(C)C(=S)S1. The Morgan fingerprint density at radius 3 is 2.58 bits per heavy atom. The van der Waals surface area contributed by atoms with Gasteiger partial charge in [-0.15, -0.1) is 0 Å². The van der Waals surface area contributed by atoms with Crippen molar-refractivity contribution in [3.63, 3.8) is 0 Å². The number of thiocarbonyl (C=S) groups is 1. The van der Waals surface area contributed by atoms with Gasteiger partial charge in [0.05, 0.1) is 14.1 Å². The number of hydrogen-bond donors (Lipinski definition) is 1. The molecular weight excluding hydrogens is 192 g/mol. The van der Waals surface area contributed by atoms with E-state index in [1.807, 2.05) is 20.3 Å². The van der Waals surface area contributed by atoms with Crippen LogP contribution in [0.25, 0.3) is 0 Å². The summed E-state index contributed by atoms with van der Waals surface area (Å²) in [7, 11) is 3.95. The average Bonchev–Trinajstić information content (AvgIpc) is 2.04. The topological polar surface area (TPSA) is 29.1 Å². The van der Waals surface area contributed by atoms with Crippen LogP contribution >= 0.6 is 24.0 Å². The Labute approximate surface area is 81.4 Å². The van der Waals surface area contributed by atoms with Crippen LogP contribution in [0, 0.1) is 0 Å². The molecular formula is C7H11N2OS2+. The molecule has 0 aromatic rings. The van der Waals surface area contributed by atoms with Gasteiger partial charge in [-0.05, 0) is 12.2 Å². The molecule has 0 bridgehead atoms. The first kappa shape index (κ1) is 9.70. The number of quaternary nitrogens is 1. The molecule has 0 aromatic heterocycles. The smallest absolute Gasteiger partial charge is 0.244 e. The molecule has 1 N–H and O–H groups in total. The Hall–Kier alpha value is -0.390. The predicted octanol–water partition coefficient (Wildman–Crippen LogP) is 1.03. The summed E-state index contributed by atoms with van der Waals surface area (Å²) in [6, 6.07) is 0. The molecule has 0 saturated heterocycles. The molecule has 0 radical (unpaired) electrons. The molecule has 5 heteroatoms. The van der Waals surface area contributed by atoms with Gasteiger partial charge in [-0.2, -0.15) is 0 Å². The molecule has 0 atom stereocenters. The second-order valence-corrected chi connectivity index (χ2v) is 4.76. The van der Waals surface area contributed by atoms with E-state index in [4.69, 9.17) is 12.2 Å². The minimum atomic E-state index is -0.0570. The number of carbonyl (C=O) groups is 1. The highest BCUT2D eigenvalue weighted by atomic mass is 32.2. The maximum absolute atomic E-state index is 10.7. The summed E-state index contributed by atoms with van der Waals surface area (Å²) in [5.74, 6) is -0.0570. The number of nitrogens with zero attached hydrogens (tertiary/aromatic N) is 1. The van der Waals surface area contributed by atoms with E-state index in [-0.39, 0.29) is 5.91 Å². The zero-order chi connectivity index (χ0) is 9.35. The molecule has 0 aromatic carbocycles. The van der Waals surface area contributed by atoms with Crippen molar-refractivity contribution in [2.75, 3.05) is 14.1 Å². The van der Waals surface area contributed by atoms with Crippen LogP contribution in [0.5, 0.6) is 0 Å². The standard InChI is InChI=1S/C7H10N2OS2/c1-5(10)8-6-4-9(2,3)7(11)12-6/h4H,1-3H3/p+1. The molecule has 0 spiro atoms. The van der Waals surface area contributed by atoms with E-state index in [1.165, 1.54) is 18.7 Å². The normalized spacial score (nSPS) is 20.6. The van der Waals surface area contributed by atoms with Crippen LogP contribution in [-0.2, 0) is 4.79 Å². The highest BCUT2D eigenvalue weighted by Gasteiger charge is 2.31. The zero-order valence-electron chi connectivity index (χ0n) is 7.25. The molecule has 0 fully saturated rings. The largest absolute Gasteiger partial charge is 0.316 e. The van der Waals surface area contributed by atoms with Crippen LogP contribution in [0.15, 0.2) is 11.2 Å². The summed E-state index contributed by atoms with van der Waals surface area (Å²) in [6.07, 6.45) is 1.92. The van der Waals surface area contributed by atoms with Crippen LogP contribution in [0.4, 0.5) is 0 Å². The van der Waals surface area contributed by atoms with Gasteiger partial charge in [0.15, 0.2) is 0 Å². The number of thioether (sulfide) groups is 1. The minimum Gasteiger partial charge on any atom is -0.316 e. The van der Waals surface area contributed by atoms with Gasteiger partial charge >= 0.3 is 0 Å². The van der Waals surface area contributed by atoms with Gasteiger partial charge in [-0.3, -0.25) is 9.28 Å². The molecule has 0 unspecified atom stereocenters. The Kier molecular flexibility index (Phi) is 2.55. The predicted molar refractivity (Wildman–Crippen MR) is 54.2 cm³/mol. The first-order chi connectivity index (χ1) is 5.42. The van der Waals surface area contributed by atoms with E-state index in [9.17, 15) is 4.79 Å². The number of rotatable bonds is 1. The molecule has 1 aliphatic rings. The lowest BCUT2D eigenvalue weighted by molar-refractivity contribution is -0.734. The Morgan fingerprint density at radius 2 is 2.25 bits per heavy atom. The molecule has 1 rings (SSSR count). The van der Waals surface area contributed by atoms with E-state index in [2.05, 4.69) is 5.32 Å². The molecule has 0 aliphatic carbocycles. The fourth-order valence-corrected chi connectivity index (χ4v) is 2.12. The van der Waals surface area contributed by atoms with E-state index in [0.29, 0.717) is 4.48 Å². The third kappa shape index (κ3) is 2.06. The zero-order valence-corrected chi connectivity index (χ0v) is 8.88. The summed E-state index contributed by atoms with van der Waals surface area (Å²) in [4.78, 5) is 10.7. The first-order valence-electron chi connectivity index (χ1n) is 3.48. The van der Waals surface area contributed by atoms with Crippen molar-refractivity contribution in [3.8, 4) is 0 Å². The Balaban J connectivity index is 2.73. The van der Waals surface area contributed by atoms with Crippen LogP contribution in [-0.4, -0.2) is 28.8 Å². The van der Waals surface area contributed by atoms with Crippen LogP contribution in [0.1, 0.15) is 6.92 Å². The monoisotopic (exact) mass is 203 g/mol. The lowest BCUT2D eigenvalue weighted by atomic mass is 10.6. The molecule has 66 valence electrons. The van der Waals surface area contributed by atoms with Crippen molar-refractivity contribution in [3.05, 3.63) is 11.2 Å². The van der Waals surface area contributed by atoms with E-state index in [1.54, 1.807) is 0 Å². The molecule has 0 saturated carbocycles. The lowest BCUT2D eigenvalue weighted by Crippen LogP contribution is -2.33. The minimum absolute atomic E-state index is 0.0570. The van der Waals surface area contributed by atoms with Gasteiger partial charge in [0, 0.05) is 18.7 Å². The van der Waals surface area contributed by atoms with Crippen molar-refractivity contribution in [1.82, 2.24) is 5.32 Å². The second-order valence-electron chi connectivity index (χ2n) is 3.08. The molecule has 12 heavy (non-hydrogen) atoms. The average molecular weight is 203 g/mol. The third-order valence-corrected chi connectivity index (χ3v) is 3.20. The van der Waals surface area contributed by atoms with Crippen molar-refractivity contribution >= 4 is 34.2 Å². The molecule has 1 heterocycles. The highest BCUT2D eigenvalue weighted by molar-refractivity contribution is 8.25. The molecule has 1 amide bonds. The fraction of sp³-hybridized carbons (Fsp3) is 0.429. The first-order valence-corrected chi connectivity index (χ1v) is 4.71. The summed E-state index contributed by atoms with van der Waals surface area (Å²) < 4.78 is 1.40. The van der Waals surface area contributed by atoms with Gasteiger partial charge in [0.1, 0.15) is 11.2 Å². The van der Waals surface area contributed by atoms with Gasteiger partial charge < -0.3 is 5.32 Å². The third-order valence-electron chi connectivity index (χ3n) is 1.41. The molecule has 1 aliphatic heterocycles. The van der Waals surface area contributed by atoms with Crippen molar-refractivity contribution in [1.29, 1.82) is 0 Å². The van der Waals surface area contributed by atoms with Gasteiger partial charge in [0.2, 0.25) is 10.2 Å². The van der Waals surface area contributed by atoms with Crippen molar-refractivity contribution < 1.29 is 9.28 Å². The van der Waals surface area contributed by atoms with E-state index >= 15 is 0 Å². The van der Waals surface area contributed by atoms with Crippen molar-refractivity contribution in [2.24, 2.45) is 0 Å². The number of carbonyl (C=O) groups excluding carboxylic acids is 1. The number of hydrogen-bond acceptors (Lipinski definition) is 3. The van der Waals surface area contributed by atoms with Crippen LogP contribution < -0.4 is 5.32 Å². The number of amides is 1. The summed E-state index contributed by atoms with van der Waals surface area (Å²) in [6.45, 7) is 1.49. The number of nitrogens with one attached hydrogen (secondary N) is 1. The quantitative estimate of drug-likeness (QED) is 0.510. The van der Waals surface area contributed by atoms with Gasteiger partial charge in [0.25, 0.3) is 0 Å². The Morgan fingerprint density at radius 1 is 1.67 bits per heavy atom. The lowest BCUT2D eigenvalue weighted by Gasteiger charge is -2.16. The Bertz CT molecular complexity index is 271. The van der Waals surface area contributed by atoms with Gasteiger partial charge in [-0.1, -0.05) is 0 Å².